The average Bonchev–Trinajstić information content (AvgIpc) is 3.59. The van der Waals surface area contributed by atoms with Crippen molar-refractivity contribution in [3.63, 3.8) is 0 Å². The number of halogens is 4. The summed E-state index contributed by atoms with van der Waals surface area (Å²) in [4.78, 5) is 29.4. The molecule has 1 aliphatic carbocycles. The van der Waals surface area contributed by atoms with Gasteiger partial charge in [-0.2, -0.15) is 27.8 Å². The van der Waals surface area contributed by atoms with Crippen molar-refractivity contribution in [1.82, 2.24) is 29.9 Å². The first-order chi connectivity index (χ1) is 18.2. The number of hydrogen-bond donors (Lipinski definition) is 3. The van der Waals surface area contributed by atoms with E-state index >= 15 is 0 Å². The summed E-state index contributed by atoms with van der Waals surface area (Å²) in [7, 11) is 0. The molecule has 0 saturated heterocycles. The van der Waals surface area contributed by atoms with E-state index in [2.05, 4.69) is 30.6 Å². The Hall–Kier alpha value is -4.18. The largest absolute Gasteiger partial charge is 0.483 e. The van der Waals surface area contributed by atoms with E-state index < -0.39 is 30.7 Å². The van der Waals surface area contributed by atoms with Crippen LogP contribution in [-0.2, 0) is 9.53 Å². The summed E-state index contributed by atoms with van der Waals surface area (Å²) >= 11 is 1.27. The molecule has 200 valence electrons. The van der Waals surface area contributed by atoms with Gasteiger partial charge in [-0.3, -0.25) is 19.4 Å². The fourth-order valence-corrected chi connectivity index (χ4v) is 4.35. The number of aromatic nitrogens is 6. The molecule has 0 bridgehead atoms. The molecule has 38 heavy (non-hydrogen) atoms. The molecule has 0 aliphatic heterocycles. The number of alkyl halides is 3. The van der Waals surface area contributed by atoms with E-state index in [1.807, 2.05) is 0 Å². The number of anilines is 1. The van der Waals surface area contributed by atoms with E-state index in [4.69, 9.17) is 14.6 Å². The third-order valence-electron chi connectivity index (χ3n) is 5.35. The first-order valence-electron chi connectivity index (χ1n) is 10.9. The highest BCUT2D eigenvalue weighted by Crippen LogP contribution is 2.37. The highest BCUT2D eigenvalue weighted by Gasteiger charge is 2.37. The topological polar surface area (TPSA) is 148 Å². The van der Waals surface area contributed by atoms with Gasteiger partial charge < -0.3 is 15.2 Å². The minimum absolute atomic E-state index is 0.168. The summed E-state index contributed by atoms with van der Waals surface area (Å²) in [5, 5.41) is 22.8. The van der Waals surface area contributed by atoms with Crippen LogP contribution in [-0.4, -0.2) is 66.3 Å². The normalized spacial score (nSPS) is 16.7. The molecular formula is C22H19F4N7O4S. The van der Waals surface area contributed by atoms with Crippen LogP contribution in [0.3, 0.4) is 0 Å². The number of carboxylic acid groups (broad SMARTS) is 1. The predicted molar refractivity (Wildman–Crippen MR) is 126 cm³/mol. The number of aromatic amines is 1. The van der Waals surface area contributed by atoms with Crippen LogP contribution in [0, 0.1) is 5.95 Å². The maximum atomic E-state index is 13.8. The Balaban J connectivity index is 0.00000107. The average molecular weight is 553 g/mol. The van der Waals surface area contributed by atoms with Gasteiger partial charge in [0.05, 0.1) is 29.7 Å². The van der Waals surface area contributed by atoms with Gasteiger partial charge in [-0.15, -0.1) is 11.3 Å². The number of thiazole rings is 1. The van der Waals surface area contributed by atoms with Crippen molar-refractivity contribution in [2.24, 2.45) is 0 Å². The number of rotatable bonds is 7. The summed E-state index contributed by atoms with van der Waals surface area (Å²) in [6.45, 7) is -1.56. The van der Waals surface area contributed by atoms with Crippen LogP contribution in [0.25, 0.3) is 22.0 Å². The number of ether oxygens (including phenoxy) is 1. The fraction of sp³-hybridized carbons (Fsp3) is 0.273. The van der Waals surface area contributed by atoms with Gasteiger partial charge in [0, 0.05) is 23.3 Å². The van der Waals surface area contributed by atoms with Crippen LogP contribution in [0.4, 0.5) is 23.2 Å². The molecule has 0 aromatic carbocycles. The van der Waals surface area contributed by atoms with Gasteiger partial charge in [-0.25, -0.2) is 9.97 Å². The summed E-state index contributed by atoms with van der Waals surface area (Å²) in [5.74, 6) is -1.23. The molecule has 1 saturated carbocycles. The van der Waals surface area contributed by atoms with Crippen LogP contribution in [0.2, 0.25) is 0 Å². The fourth-order valence-electron chi connectivity index (χ4n) is 3.57. The second kappa shape index (κ2) is 11.5. The van der Waals surface area contributed by atoms with Gasteiger partial charge in [-0.1, -0.05) is 6.07 Å². The number of hydrogen-bond acceptors (Lipinski definition) is 8. The van der Waals surface area contributed by atoms with E-state index in [-0.39, 0.29) is 35.3 Å². The Labute approximate surface area is 215 Å². The SMILES string of the molecule is O=C(Nc1cn(C2CC(OCC(F)(F)F)C2)nc1-c1cccc(F)n1)c1csc(-c2cn[nH]c2)n1.O=CO. The number of nitrogens with zero attached hydrogens (tertiary/aromatic N) is 5. The molecule has 16 heteroatoms. The highest BCUT2D eigenvalue weighted by atomic mass is 32.1. The Kier molecular flexibility index (Phi) is 8.11. The molecule has 0 atom stereocenters. The van der Waals surface area contributed by atoms with Gasteiger partial charge in [0.1, 0.15) is 23.0 Å². The van der Waals surface area contributed by atoms with Gasteiger partial charge in [0.25, 0.3) is 12.4 Å². The van der Waals surface area contributed by atoms with Crippen LogP contribution in [0.1, 0.15) is 29.4 Å². The molecular weight excluding hydrogens is 534 g/mol. The van der Waals surface area contributed by atoms with Gasteiger partial charge in [0.15, 0.2) is 0 Å². The summed E-state index contributed by atoms with van der Waals surface area (Å²) in [6, 6.07) is 3.95. The standard InChI is InChI=1S/C21H17F4N7O2S.CH2O2/c22-17-3-1-2-14(28-17)18-15(8-32(31-18)12-4-13(5-12)34-10-21(23,24)25)29-19(33)16-9-35-20(30-16)11-6-26-27-7-11;2-1-3/h1-3,6-9,12-13H,4-5,10H2,(H,26,27)(H,29,33);1H,(H,2,3). The molecule has 0 radical (unpaired) electrons. The number of carbonyl (C=O) groups is 2. The van der Waals surface area contributed by atoms with Crippen molar-refractivity contribution in [2.45, 2.75) is 31.2 Å². The lowest BCUT2D eigenvalue weighted by atomic mass is 9.89. The molecule has 5 rings (SSSR count). The molecule has 4 heterocycles. The third-order valence-corrected chi connectivity index (χ3v) is 6.24. The number of amides is 1. The molecule has 4 aromatic rings. The summed E-state index contributed by atoms with van der Waals surface area (Å²) < 4.78 is 57.3. The summed E-state index contributed by atoms with van der Waals surface area (Å²) in [5.41, 5.74) is 1.59. The third kappa shape index (κ3) is 6.57. The van der Waals surface area contributed by atoms with E-state index in [0.717, 1.165) is 5.56 Å². The molecule has 11 nitrogen and oxygen atoms in total. The number of nitrogens with one attached hydrogen (secondary N) is 2. The van der Waals surface area contributed by atoms with E-state index in [1.165, 1.54) is 28.2 Å². The van der Waals surface area contributed by atoms with E-state index in [0.29, 0.717) is 17.8 Å². The lowest BCUT2D eigenvalue weighted by Crippen LogP contribution is -2.36. The van der Waals surface area contributed by atoms with Crippen LogP contribution < -0.4 is 5.32 Å². The van der Waals surface area contributed by atoms with E-state index in [9.17, 15) is 22.4 Å². The quantitative estimate of drug-likeness (QED) is 0.176. The minimum Gasteiger partial charge on any atom is -0.483 e. The van der Waals surface area contributed by atoms with Crippen molar-refractivity contribution in [1.29, 1.82) is 0 Å². The van der Waals surface area contributed by atoms with Gasteiger partial charge in [-0.05, 0) is 25.0 Å². The number of H-pyrrole nitrogens is 1. The molecule has 0 spiro atoms. The lowest BCUT2D eigenvalue weighted by molar-refractivity contribution is -0.196. The van der Waals surface area contributed by atoms with E-state index in [1.54, 1.807) is 30.0 Å². The number of carbonyl (C=O) groups excluding carboxylic acids is 1. The Morgan fingerprint density at radius 1 is 1.32 bits per heavy atom. The molecule has 1 aliphatic rings. The first-order valence-corrected chi connectivity index (χ1v) is 11.8. The maximum Gasteiger partial charge on any atom is 0.411 e. The molecule has 1 amide bonds. The first kappa shape index (κ1) is 26.9. The minimum atomic E-state index is -4.39. The smallest absolute Gasteiger partial charge is 0.411 e. The number of pyridine rings is 1. The van der Waals surface area contributed by atoms with Crippen LogP contribution >= 0.6 is 11.3 Å². The Morgan fingerprint density at radius 2 is 2.08 bits per heavy atom. The van der Waals surface area contributed by atoms with Crippen molar-refractivity contribution in [3.05, 3.63) is 53.8 Å². The van der Waals surface area contributed by atoms with Crippen molar-refractivity contribution >= 4 is 29.4 Å². The van der Waals surface area contributed by atoms with Crippen LogP contribution in [0.5, 0.6) is 0 Å². The summed E-state index contributed by atoms with van der Waals surface area (Å²) in [6.07, 6.45) is 0.496. The second-order valence-electron chi connectivity index (χ2n) is 7.97. The van der Waals surface area contributed by atoms with Gasteiger partial charge in [0.2, 0.25) is 5.95 Å². The highest BCUT2D eigenvalue weighted by molar-refractivity contribution is 7.13. The van der Waals surface area contributed by atoms with Crippen LogP contribution in [0.15, 0.2) is 42.2 Å². The monoisotopic (exact) mass is 553 g/mol. The van der Waals surface area contributed by atoms with Gasteiger partial charge >= 0.3 is 6.18 Å². The molecule has 3 N–H and O–H groups in total. The zero-order valence-electron chi connectivity index (χ0n) is 19.2. The zero-order valence-corrected chi connectivity index (χ0v) is 20.0. The van der Waals surface area contributed by atoms with Crippen molar-refractivity contribution in [3.8, 4) is 22.0 Å². The van der Waals surface area contributed by atoms with Crippen molar-refractivity contribution < 1.29 is 37.0 Å². The maximum absolute atomic E-state index is 13.8. The molecule has 0 unspecified atom stereocenters. The predicted octanol–water partition coefficient (Wildman–Crippen LogP) is 4.17. The lowest BCUT2D eigenvalue weighted by Gasteiger charge is -2.35. The second-order valence-corrected chi connectivity index (χ2v) is 8.83. The molecule has 1 fully saturated rings. The molecule has 4 aromatic heterocycles. The Bertz CT molecular complexity index is 1380. The van der Waals surface area contributed by atoms with Crippen molar-refractivity contribution in [2.75, 3.05) is 11.9 Å². The zero-order chi connectivity index (χ0) is 27.3. The Morgan fingerprint density at radius 3 is 2.74 bits per heavy atom.